The summed E-state index contributed by atoms with van der Waals surface area (Å²) >= 11 is 1.44. The molecule has 4 rings (SSSR count). The van der Waals surface area contributed by atoms with E-state index in [4.69, 9.17) is 0 Å². The average Bonchev–Trinajstić information content (AvgIpc) is 2.98. The van der Waals surface area contributed by atoms with Gasteiger partial charge in [0.05, 0.1) is 17.8 Å². The van der Waals surface area contributed by atoms with Crippen molar-refractivity contribution in [3.63, 3.8) is 0 Å². The number of anilines is 1. The summed E-state index contributed by atoms with van der Waals surface area (Å²) in [5.41, 5.74) is 2.59. The molecular weight excluding hydrogens is 431 g/mol. The van der Waals surface area contributed by atoms with Crippen LogP contribution >= 0.6 is 11.8 Å². The van der Waals surface area contributed by atoms with Crippen molar-refractivity contribution in [2.24, 2.45) is 0 Å². The number of alkyl halides is 3. The number of Topliss-reactive ketones (excluding diaryl/α,β-unsaturated/α-hetero) is 1. The van der Waals surface area contributed by atoms with Crippen molar-refractivity contribution in [1.29, 1.82) is 0 Å². The molecule has 0 spiro atoms. The van der Waals surface area contributed by atoms with Crippen LogP contribution in [0.2, 0.25) is 0 Å². The fraction of sp³-hybridized carbons (Fsp3) is 0.143. The van der Waals surface area contributed by atoms with Crippen LogP contribution in [-0.4, -0.2) is 34.3 Å². The van der Waals surface area contributed by atoms with Crippen molar-refractivity contribution in [2.75, 3.05) is 11.2 Å². The summed E-state index contributed by atoms with van der Waals surface area (Å²) in [4.78, 5) is 34.4. The topological polar surface area (TPSA) is 72.4 Å². The lowest BCUT2D eigenvalue weighted by Gasteiger charge is -2.17. The molecular formula is C21H14F3N3O3S. The minimum Gasteiger partial charge on any atom is -0.406 e. The second kappa shape index (κ2) is 8.03. The number of carbonyl (C=O) groups excluding carboxylic acids is 2. The molecule has 1 amide bonds. The van der Waals surface area contributed by atoms with E-state index >= 15 is 0 Å². The van der Waals surface area contributed by atoms with E-state index in [0.29, 0.717) is 5.16 Å². The number of amides is 1. The van der Waals surface area contributed by atoms with Gasteiger partial charge in [-0.15, -0.1) is 13.2 Å². The second-order valence-corrected chi connectivity index (χ2v) is 7.38. The van der Waals surface area contributed by atoms with E-state index in [2.05, 4.69) is 14.7 Å². The van der Waals surface area contributed by atoms with Crippen molar-refractivity contribution in [1.82, 2.24) is 9.97 Å². The molecule has 0 radical (unpaired) electrons. The van der Waals surface area contributed by atoms with Gasteiger partial charge in [-0.2, -0.15) is 0 Å². The number of thioether (sulfide) groups is 1. The van der Waals surface area contributed by atoms with E-state index in [1.54, 1.807) is 24.5 Å². The fourth-order valence-electron chi connectivity index (χ4n) is 3.19. The lowest BCUT2D eigenvalue weighted by molar-refractivity contribution is -0.274. The molecule has 10 heteroatoms. The van der Waals surface area contributed by atoms with Gasteiger partial charge in [0.25, 0.3) is 11.7 Å². The Labute approximate surface area is 179 Å². The Morgan fingerprint density at radius 3 is 2.29 bits per heavy atom. The molecule has 6 nitrogen and oxygen atoms in total. The number of aromatic nitrogens is 2. The highest BCUT2D eigenvalue weighted by Gasteiger charge is 2.37. The molecule has 2 heterocycles. The average molecular weight is 445 g/mol. The van der Waals surface area contributed by atoms with Crippen LogP contribution in [0.4, 0.5) is 18.9 Å². The van der Waals surface area contributed by atoms with Crippen molar-refractivity contribution >= 4 is 29.1 Å². The van der Waals surface area contributed by atoms with Crippen molar-refractivity contribution in [3.8, 4) is 16.9 Å². The van der Waals surface area contributed by atoms with Crippen LogP contribution in [0.1, 0.15) is 15.9 Å². The third-order valence-electron chi connectivity index (χ3n) is 4.62. The third kappa shape index (κ3) is 4.38. The van der Waals surface area contributed by atoms with E-state index in [1.807, 2.05) is 18.4 Å². The van der Waals surface area contributed by atoms with E-state index in [1.165, 1.54) is 22.7 Å². The van der Waals surface area contributed by atoms with Crippen LogP contribution < -0.4 is 9.64 Å². The Balaban J connectivity index is 1.54. The van der Waals surface area contributed by atoms with Crippen molar-refractivity contribution in [3.05, 3.63) is 66.0 Å². The standard InChI is InChI=1S/C21H14F3N3O3S/c1-31-20-25-9-14(10-26-20)13-4-2-12(3-5-13)11-27-17-7-6-15(30-21(22,23)24)8-16(17)18(28)19(27)29/h2-10H,11H2,1H3. The Morgan fingerprint density at radius 1 is 1.00 bits per heavy atom. The maximum Gasteiger partial charge on any atom is 0.573 e. The first-order valence-electron chi connectivity index (χ1n) is 8.96. The van der Waals surface area contributed by atoms with Crippen molar-refractivity contribution in [2.45, 2.75) is 18.1 Å². The number of ether oxygens (including phenoxy) is 1. The predicted octanol–water partition coefficient (Wildman–Crippen LogP) is 4.49. The third-order valence-corrected chi connectivity index (χ3v) is 5.19. The molecule has 1 aliphatic rings. The SMILES string of the molecule is CSc1ncc(-c2ccc(CN3C(=O)C(=O)c4cc(OC(F)(F)F)ccc43)cc2)cn1. The largest absolute Gasteiger partial charge is 0.573 e. The van der Waals surface area contributed by atoms with Gasteiger partial charge in [0.1, 0.15) is 5.75 Å². The Kier molecular flexibility index (Phi) is 5.40. The molecule has 31 heavy (non-hydrogen) atoms. The number of benzene rings is 2. The lowest BCUT2D eigenvalue weighted by atomic mass is 10.1. The van der Waals surface area contributed by atoms with Crippen LogP contribution in [0.5, 0.6) is 5.75 Å². The fourth-order valence-corrected chi connectivity index (χ4v) is 3.51. The van der Waals surface area contributed by atoms with Gasteiger partial charge in [-0.3, -0.25) is 9.59 Å². The highest BCUT2D eigenvalue weighted by atomic mass is 32.2. The van der Waals surface area contributed by atoms with Gasteiger partial charge < -0.3 is 9.64 Å². The molecule has 0 N–H and O–H groups in total. The molecule has 1 aliphatic heterocycles. The predicted molar refractivity (Wildman–Crippen MR) is 108 cm³/mol. The minimum absolute atomic E-state index is 0.0965. The van der Waals surface area contributed by atoms with Gasteiger partial charge in [-0.25, -0.2) is 9.97 Å². The zero-order chi connectivity index (χ0) is 22.2. The second-order valence-electron chi connectivity index (χ2n) is 6.60. The lowest BCUT2D eigenvalue weighted by Crippen LogP contribution is -2.29. The number of nitrogens with zero attached hydrogens (tertiary/aromatic N) is 3. The monoisotopic (exact) mass is 445 g/mol. The quantitative estimate of drug-likeness (QED) is 0.327. The van der Waals surface area contributed by atoms with Crippen LogP contribution in [0.15, 0.2) is 60.0 Å². The van der Waals surface area contributed by atoms with Gasteiger partial charge in [0.2, 0.25) is 0 Å². The maximum absolute atomic E-state index is 12.4. The van der Waals surface area contributed by atoms with Gasteiger partial charge in [-0.05, 0) is 35.6 Å². The molecule has 0 atom stereocenters. The van der Waals surface area contributed by atoms with Gasteiger partial charge in [0, 0.05) is 18.0 Å². The number of hydrogen-bond acceptors (Lipinski definition) is 6. The molecule has 1 aromatic heterocycles. The maximum atomic E-state index is 12.4. The molecule has 0 saturated heterocycles. The van der Waals surface area contributed by atoms with Crippen molar-refractivity contribution < 1.29 is 27.5 Å². The number of carbonyl (C=O) groups is 2. The number of fused-ring (bicyclic) bond motifs is 1. The normalized spacial score (nSPS) is 13.5. The van der Waals surface area contributed by atoms with Crippen LogP contribution in [-0.2, 0) is 11.3 Å². The number of ketones is 1. The summed E-state index contributed by atoms with van der Waals surface area (Å²) in [5, 5.41) is 0.667. The molecule has 158 valence electrons. The smallest absolute Gasteiger partial charge is 0.406 e. The van der Waals surface area contributed by atoms with E-state index in [0.717, 1.165) is 28.8 Å². The first-order chi connectivity index (χ1) is 14.7. The molecule has 0 bridgehead atoms. The Morgan fingerprint density at radius 2 is 1.68 bits per heavy atom. The van der Waals surface area contributed by atoms with Gasteiger partial charge >= 0.3 is 6.36 Å². The molecule has 0 aliphatic carbocycles. The first kappa shape index (κ1) is 20.9. The summed E-state index contributed by atoms with van der Waals surface area (Å²) in [5.74, 6) is -2.22. The summed E-state index contributed by atoms with van der Waals surface area (Å²) in [6, 6.07) is 10.6. The van der Waals surface area contributed by atoms with Gasteiger partial charge in [-0.1, -0.05) is 36.0 Å². The zero-order valence-corrected chi connectivity index (χ0v) is 16.8. The van der Waals surface area contributed by atoms with E-state index in [-0.39, 0.29) is 17.8 Å². The van der Waals surface area contributed by atoms with E-state index < -0.39 is 23.8 Å². The summed E-state index contributed by atoms with van der Waals surface area (Å²) in [7, 11) is 0. The summed E-state index contributed by atoms with van der Waals surface area (Å²) < 4.78 is 41.1. The van der Waals surface area contributed by atoms with Crippen LogP contribution in [0, 0.1) is 0 Å². The number of hydrogen-bond donors (Lipinski definition) is 0. The highest BCUT2D eigenvalue weighted by Crippen LogP contribution is 2.35. The van der Waals surface area contributed by atoms with Crippen LogP contribution in [0.3, 0.4) is 0 Å². The van der Waals surface area contributed by atoms with Gasteiger partial charge in [0.15, 0.2) is 5.16 Å². The Bertz CT molecular complexity index is 1150. The highest BCUT2D eigenvalue weighted by molar-refractivity contribution is 7.98. The molecule has 3 aromatic rings. The molecule has 0 unspecified atom stereocenters. The molecule has 0 fully saturated rings. The van der Waals surface area contributed by atoms with E-state index in [9.17, 15) is 22.8 Å². The zero-order valence-electron chi connectivity index (χ0n) is 16.0. The van der Waals surface area contributed by atoms with Crippen LogP contribution in [0.25, 0.3) is 11.1 Å². The summed E-state index contributed by atoms with van der Waals surface area (Å²) in [6.07, 6.45) is 0.430. The number of rotatable bonds is 5. The minimum atomic E-state index is -4.89. The Hall–Kier alpha value is -3.40. The first-order valence-corrected chi connectivity index (χ1v) is 10.2. The summed E-state index contributed by atoms with van der Waals surface area (Å²) in [6.45, 7) is 0.0965. The number of halogens is 3. The molecule has 2 aromatic carbocycles. The molecule has 0 saturated carbocycles.